The molecule has 0 radical (unpaired) electrons. The summed E-state index contributed by atoms with van der Waals surface area (Å²) in [6.45, 7) is 0. The van der Waals surface area contributed by atoms with Crippen LogP contribution < -0.4 is 5.73 Å². The van der Waals surface area contributed by atoms with Crippen molar-refractivity contribution in [1.29, 1.82) is 0 Å². The maximum Gasteiger partial charge on any atom is 0.158 e. The van der Waals surface area contributed by atoms with E-state index in [1.165, 1.54) is 23.0 Å². The fourth-order valence-corrected chi connectivity index (χ4v) is 2.41. The number of halogens is 2. The zero-order valence-corrected chi connectivity index (χ0v) is 11.7. The molecule has 3 heterocycles. The molecular weight excluding hydrogens is 302 g/mol. The molecule has 0 unspecified atom stereocenters. The van der Waals surface area contributed by atoms with Crippen molar-refractivity contribution in [1.82, 2.24) is 24.6 Å². The smallest absolute Gasteiger partial charge is 0.158 e. The van der Waals surface area contributed by atoms with E-state index in [2.05, 4.69) is 20.1 Å². The predicted molar refractivity (Wildman–Crippen MR) is 80.3 cm³/mol. The second-order valence-electron chi connectivity index (χ2n) is 4.90. The minimum atomic E-state index is -0.830. The predicted octanol–water partition coefficient (Wildman–Crippen LogP) is 2.65. The van der Waals surface area contributed by atoms with Crippen LogP contribution in [0, 0.1) is 11.6 Å². The molecule has 4 aromatic rings. The molecule has 6 nitrogen and oxygen atoms in total. The van der Waals surface area contributed by atoms with Crippen molar-refractivity contribution >= 4 is 11.2 Å². The molecule has 8 heteroatoms. The quantitative estimate of drug-likeness (QED) is 0.557. The fraction of sp³-hybridized carbons (Fsp3) is 0. The second-order valence-corrected chi connectivity index (χ2v) is 4.90. The van der Waals surface area contributed by atoms with Crippen molar-refractivity contribution < 1.29 is 8.78 Å². The molecule has 114 valence electrons. The summed E-state index contributed by atoms with van der Waals surface area (Å²) in [6.07, 6.45) is 4.75. The highest BCUT2D eigenvalue weighted by Gasteiger charge is 2.17. The van der Waals surface area contributed by atoms with Gasteiger partial charge in [-0.05, 0) is 24.3 Å². The molecule has 0 aliphatic rings. The first-order valence-corrected chi connectivity index (χ1v) is 6.73. The van der Waals surface area contributed by atoms with E-state index in [4.69, 9.17) is 5.73 Å². The van der Waals surface area contributed by atoms with Gasteiger partial charge >= 0.3 is 0 Å². The van der Waals surface area contributed by atoms with E-state index in [9.17, 15) is 8.78 Å². The Balaban J connectivity index is 1.90. The van der Waals surface area contributed by atoms with Crippen LogP contribution in [0.25, 0.3) is 28.3 Å². The first-order valence-electron chi connectivity index (χ1n) is 6.73. The van der Waals surface area contributed by atoms with Gasteiger partial charge in [-0.25, -0.2) is 23.3 Å². The molecule has 3 N–H and O–H groups in total. The van der Waals surface area contributed by atoms with Crippen molar-refractivity contribution in [3.8, 4) is 22.8 Å². The van der Waals surface area contributed by atoms with Gasteiger partial charge in [0.15, 0.2) is 11.6 Å². The third-order valence-corrected chi connectivity index (χ3v) is 3.50. The minimum absolute atomic E-state index is 0.128. The minimum Gasteiger partial charge on any atom is -0.396 e. The SMILES string of the molecule is Nc1ccc(F)c(-c2ccc3c(-c4ncc[nH]4)ncn3n2)c1F. The Morgan fingerprint density at radius 3 is 2.74 bits per heavy atom. The van der Waals surface area contributed by atoms with Gasteiger partial charge in [0.25, 0.3) is 0 Å². The number of aromatic nitrogens is 5. The number of imidazole rings is 2. The van der Waals surface area contributed by atoms with Crippen LogP contribution in [0.1, 0.15) is 0 Å². The van der Waals surface area contributed by atoms with Crippen molar-refractivity contribution in [3.63, 3.8) is 0 Å². The van der Waals surface area contributed by atoms with E-state index in [1.807, 2.05) is 0 Å². The Morgan fingerprint density at radius 1 is 1.09 bits per heavy atom. The normalized spacial score (nSPS) is 11.2. The summed E-state index contributed by atoms with van der Waals surface area (Å²) in [5.74, 6) is -0.971. The molecule has 0 amide bonds. The van der Waals surface area contributed by atoms with E-state index in [0.29, 0.717) is 17.0 Å². The molecule has 0 atom stereocenters. The van der Waals surface area contributed by atoms with Crippen LogP contribution in [0.2, 0.25) is 0 Å². The number of aromatic amines is 1. The zero-order valence-electron chi connectivity index (χ0n) is 11.7. The summed E-state index contributed by atoms with van der Waals surface area (Å²) >= 11 is 0. The molecule has 0 saturated heterocycles. The van der Waals surface area contributed by atoms with Gasteiger partial charge in [0, 0.05) is 12.4 Å². The number of hydrogen-bond donors (Lipinski definition) is 2. The monoisotopic (exact) mass is 312 g/mol. The Bertz CT molecular complexity index is 1010. The van der Waals surface area contributed by atoms with Crippen LogP contribution in [0.5, 0.6) is 0 Å². The lowest BCUT2D eigenvalue weighted by Gasteiger charge is -2.07. The van der Waals surface area contributed by atoms with Crippen molar-refractivity contribution in [2.75, 3.05) is 5.73 Å². The lowest BCUT2D eigenvalue weighted by atomic mass is 10.1. The molecular formula is C15H10F2N6. The summed E-state index contributed by atoms with van der Waals surface area (Å²) in [5, 5.41) is 4.22. The van der Waals surface area contributed by atoms with E-state index >= 15 is 0 Å². The summed E-state index contributed by atoms with van der Waals surface area (Å²) in [4.78, 5) is 11.3. The van der Waals surface area contributed by atoms with Crippen molar-refractivity contribution in [2.45, 2.75) is 0 Å². The number of nitrogens with two attached hydrogens (primary N) is 1. The van der Waals surface area contributed by atoms with Gasteiger partial charge < -0.3 is 10.7 Å². The molecule has 4 rings (SSSR count). The maximum absolute atomic E-state index is 14.1. The molecule has 23 heavy (non-hydrogen) atoms. The van der Waals surface area contributed by atoms with Crippen LogP contribution in [-0.4, -0.2) is 24.6 Å². The lowest BCUT2D eigenvalue weighted by Crippen LogP contribution is -2.00. The number of fused-ring (bicyclic) bond motifs is 1. The third kappa shape index (κ3) is 2.03. The second kappa shape index (κ2) is 4.87. The number of H-pyrrole nitrogens is 1. The van der Waals surface area contributed by atoms with Gasteiger partial charge in [-0.15, -0.1) is 0 Å². The molecule has 0 aliphatic heterocycles. The largest absolute Gasteiger partial charge is 0.396 e. The third-order valence-electron chi connectivity index (χ3n) is 3.50. The Morgan fingerprint density at radius 2 is 1.96 bits per heavy atom. The van der Waals surface area contributed by atoms with Gasteiger partial charge in [0.2, 0.25) is 0 Å². The van der Waals surface area contributed by atoms with Crippen LogP contribution >= 0.6 is 0 Å². The van der Waals surface area contributed by atoms with Crippen LogP contribution in [0.4, 0.5) is 14.5 Å². The van der Waals surface area contributed by atoms with Gasteiger partial charge in [0.1, 0.15) is 17.8 Å². The maximum atomic E-state index is 14.1. The number of nitrogen functional groups attached to an aromatic ring is 1. The average Bonchev–Trinajstić information content (AvgIpc) is 3.19. The zero-order chi connectivity index (χ0) is 16.0. The van der Waals surface area contributed by atoms with Gasteiger partial charge in [0.05, 0.1) is 22.5 Å². The van der Waals surface area contributed by atoms with E-state index in [-0.39, 0.29) is 16.9 Å². The number of benzene rings is 1. The average molecular weight is 312 g/mol. The highest BCUT2D eigenvalue weighted by Crippen LogP contribution is 2.29. The van der Waals surface area contributed by atoms with Crippen LogP contribution in [0.15, 0.2) is 43.0 Å². The van der Waals surface area contributed by atoms with E-state index in [1.54, 1.807) is 18.5 Å². The number of nitrogens with zero attached hydrogens (tertiary/aromatic N) is 4. The van der Waals surface area contributed by atoms with E-state index in [0.717, 1.165) is 6.07 Å². The number of hydrogen-bond acceptors (Lipinski definition) is 4. The van der Waals surface area contributed by atoms with Gasteiger partial charge in [-0.3, -0.25) is 0 Å². The molecule has 0 fully saturated rings. The Labute approximate surface area is 128 Å². The Hall–Kier alpha value is -3.29. The standard InChI is InChI=1S/C15H10F2N6/c16-8-1-2-9(18)13(17)12(8)10-3-4-11-14(15-19-5-6-20-15)21-7-23(11)22-10/h1-7H,18H2,(H,19,20). The fourth-order valence-electron chi connectivity index (χ4n) is 2.41. The summed E-state index contributed by atoms with van der Waals surface area (Å²) in [6, 6.07) is 5.49. The highest BCUT2D eigenvalue weighted by molar-refractivity contribution is 5.74. The number of nitrogens with one attached hydrogen (secondary N) is 1. The van der Waals surface area contributed by atoms with Crippen LogP contribution in [-0.2, 0) is 0 Å². The lowest BCUT2D eigenvalue weighted by molar-refractivity contribution is 0.591. The number of anilines is 1. The van der Waals surface area contributed by atoms with E-state index < -0.39 is 11.6 Å². The topological polar surface area (TPSA) is 84.9 Å². The molecule has 3 aromatic heterocycles. The van der Waals surface area contributed by atoms with Crippen molar-refractivity contribution in [2.24, 2.45) is 0 Å². The summed E-state index contributed by atoms with van der Waals surface area (Å²) < 4.78 is 29.5. The van der Waals surface area contributed by atoms with Gasteiger partial charge in [-0.2, -0.15) is 5.10 Å². The summed E-state index contributed by atoms with van der Waals surface area (Å²) in [5.41, 5.74) is 6.50. The molecule has 1 aromatic carbocycles. The first-order chi connectivity index (χ1) is 11.1. The molecule has 0 saturated carbocycles. The van der Waals surface area contributed by atoms with Crippen molar-refractivity contribution in [3.05, 3.63) is 54.6 Å². The first kappa shape index (κ1) is 13.4. The highest BCUT2D eigenvalue weighted by atomic mass is 19.1. The van der Waals surface area contributed by atoms with Crippen LogP contribution in [0.3, 0.4) is 0 Å². The molecule has 0 spiro atoms. The summed E-state index contributed by atoms with van der Waals surface area (Å²) in [7, 11) is 0. The Kier molecular flexibility index (Phi) is 2.83. The molecule has 0 bridgehead atoms. The van der Waals surface area contributed by atoms with Gasteiger partial charge in [-0.1, -0.05) is 0 Å². The number of rotatable bonds is 2. The molecule has 0 aliphatic carbocycles.